The monoisotopic (exact) mass is 354 g/mol. The number of hydrogen-bond acceptors (Lipinski definition) is 1. The van der Waals surface area contributed by atoms with Crippen LogP contribution in [0, 0.1) is 0 Å². The Labute approximate surface area is 137 Å². The van der Waals surface area contributed by atoms with E-state index in [0.29, 0.717) is 0 Å². The average Bonchev–Trinajstić information content (AvgIpc) is 2.48. The Bertz CT molecular complexity index is 423. The molecule has 3 nitrogen and oxygen atoms in total. The Morgan fingerprint density at radius 2 is 1.90 bits per heavy atom. The molecular formula is C17H27BrN2O. The van der Waals surface area contributed by atoms with Gasteiger partial charge in [0.25, 0.3) is 0 Å². The largest absolute Gasteiger partial charge is 0.338 e. The summed E-state index contributed by atoms with van der Waals surface area (Å²) < 4.78 is 0.994. The first kappa shape index (κ1) is 18.0. The number of unbranched alkanes of at least 4 members (excludes halogenated alkanes) is 4. The lowest BCUT2D eigenvalue weighted by atomic mass is 10.1. The highest BCUT2D eigenvalue weighted by Crippen LogP contribution is 2.20. The zero-order valence-corrected chi connectivity index (χ0v) is 14.8. The fourth-order valence-electron chi connectivity index (χ4n) is 2.23. The minimum absolute atomic E-state index is 0.00504. The maximum Gasteiger partial charge on any atom is 0.321 e. The van der Waals surface area contributed by atoms with Gasteiger partial charge in [0.2, 0.25) is 0 Å². The molecule has 0 aromatic heterocycles. The predicted molar refractivity (Wildman–Crippen MR) is 93.9 cm³/mol. The highest BCUT2D eigenvalue weighted by Gasteiger charge is 2.14. The van der Waals surface area contributed by atoms with Crippen molar-refractivity contribution in [1.82, 2.24) is 5.32 Å². The molecule has 0 saturated carbocycles. The normalized spacial score (nSPS) is 10.4. The highest BCUT2D eigenvalue weighted by molar-refractivity contribution is 9.10. The van der Waals surface area contributed by atoms with Gasteiger partial charge in [0.05, 0.1) is 0 Å². The second-order valence-corrected chi connectivity index (χ2v) is 6.19. The summed E-state index contributed by atoms with van der Waals surface area (Å²) in [5, 5.41) is 3.03. The van der Waals surface area contributed by atoms with Crippen LogP contribution in [0.25, 0.3) is 0 Å². The minimum atomic E-state index is 0.00504. The van der Waals surface area contributed by atoms with Crippen LogP contribution in [0.2, 0.25) is 0 Å². The Balaban J connectivity index is 2.46. The van der Waals surface area contributed by atoms with E-state index in [4.69, 9.17) is 0 Å². The van der Waals surface area contributed by atoms with Gasteiger partial charge in [-0.2, -0.15) is 0 Å². The molecule has 0 fully saturated rings. The lowest BCUT2D eigenvalue weighted by molar-refractivity contribution is 0.246. The molecule has 1 rings (SSSR count). The van der Waals surface area contributed by atoms with Gasteiger partial charge in [-0.05, 0) is 31.0 Å². The third-order valence-electron chi connectivity index (χ3n) is 3.37. The summed E-state index contributed by atoms with van der Waals surface area (Å²) in [7, 11) is 0. The Kier molecular flexibility index (Phi) is 9.15. The molecule has 1 aromatic rings. The second kappa shape index (κ2) is 10.7. The third kappa shape index (κ3) is 6.98. The summed E-state index contributed by atoms with van der Waals surface area (Å²) in [6.07, 6.45) is 6.99. The van der Waals surface area contributed by atoms with Gasteiger partial charge in [-0.3, -0.25) is 4.90 Å². The SMILES string of the molecule is CCCCCCCNC(=O)N(CCC)c1cccc(Br)c1. The number of benzene rings is 1. The van der Waals surface area contributed by atoms with E-state index in [0.717, 1.165) is 36.1 Å². The van der Waals surface area contributed by atoms with Crippen molar-refractivity contribution in [3.05, 3.63) is 28.7 Å². The molecule has 0 aliphatic carbocycles. The maximum absolute atomic E-state index is 12.3. The smallest absolute Gasteiger partial charge is 0.321 e. The molecule has 4 heteroatoms. The van der Waals surface area contributed by atoms with Crippen molar-refractivity contribution in [2.24, 2.45) is 0 Å². The van der Waals surface area contributed by atoms with Crippen molar-refractivity contribution in [1.29, 1.82) is 0 Å². The van der Waals surface area contributed by atoms with E-state index in [9.17, 15) is 4.79 Å². The maximum atomic E-state index is 12.3. The van der Waals surface area contributed by atoms with Crippen molar-refractivity contribution in [2.45, 2.75) is 52.4 Å². The van der Waals surface area contributed by atoms with Gasteiger partial charge in [0.15, 0.2) is 0 Å². The molecule has 21 heavy (non-hydrogen) atoms. The quantitative estimate of drug-likeness (QED) is 0.596. The van der Waals surface area contributed by atoms with Crippen molar-refractivity contribution < 1.29 is 4.79 Å². The van der Waals surface area contributed by atoms with E-state index in [-0.39, 0.29) is 6.03 Å². The Hall–Kier alpha value is -1.03. The van der Waals surface area contributed by atoms with Crippen molar-refractivity contribution in [3.63, 3.8) is 0 Å². The van der Waals surface area contributed by atoms with Crippen LogP contribution in [0.5, 0.6) is 0 Å². The molecule has 0 radical (unpaired) electrons. The van der Waals surface area contributed by atoms with Crippen LogP contribution in [0.4, 0.5) is 10.5 Å². The highest BCUT2D eigenvalue weighted by atomic mass is 79.9. The fraction of sp³-hybridized carbons (Fsp3) is 0.588. The fourth-order valence-corrected chi connectivity index (χ4v) is 2.62. The van der Waals surface area contributed by atoms with Crippen LogP contribution in [0.1, 0.15) is 52.4 Å². The molecule has 0 saturated heterocycles. The zero-order valence-electron chi connectivity index (χ0n) is 13.2. The average molecular weight is 355 g/mol. The molecule has 0 unspecified atom stereocenters. The number of halogens is 1. The van der Waals surface area contributed by atoms with Gasteiger partial charge in [0, 0.05) is 23.2 Å². The molecule has 0 bridgehead atoms. The number of rotatable bonds is 9. The molecule has 1 N–H and O–H groups in total. The molecule has 118 valence electrons. The third-order valence-corrected chi connectivity index (χ3v) is 3.86. The molecular weight excluding hydrogens is 328 g/mol. The molecule has 0 atom stereocenters. The van der Waals surface area contributed by atoms with Gasteiger partial charge < -0.3 is 5.32 Å². The molecule has 0 spiro atoms. The first-order valence-corrected chi connectivity index (χ1v) is 8.79. The number of nitrogens with zero attached hydrogens (tertiary/aromatic N) is 1. The van der Waals surface area contributed by atoms with Gasteiger partial charge in [-0.15, -0.1) is 0 Å². The van der Waals surface area contributed by atoms with Crippen molar-refractivity contribution >= 4 is 27.6 Å². The van der Waals surface area contributed by atoms with Crippen molar-refractivity contribution in [2.75, 3.05) is 18.0 Å². The Morgan fingerprint density at radius 3 is 2.57 bits per heavy atom. The molecule has 0 heterocycles. The lowest BCUT2D eigenvalue weighted by Gasteiger charge is -2.23. The predicted octanol–water partition coefficient (Wildman–Crippen LogP) is 5.35. The number of carbonyl (C=O) groups excluding carboxylic acids is 1. The van der Waals surface area contributed by atoms with Gasteiger partial charge >= 0.3 is 6.03 Å². The lowest BCUT2D eigenvalue weighted by Crippen LogP contribution is -2.41. The van der Waals surface area contributed by atoms with Crippen LogP contribution in [0.3, 0.4) is 0 Å². The number of carbonyl (C=O) groups is 1. The van der Waals surface area contributed by atoms with E-state index >= 15 is 0 Å². The van der Waals surface area contributed by atoms with E-state index < -0.39 is 0 Å². The number of urea groups is 1. The van der Waals surface area contributed by atoms with Crippen LogP contribution in [-0.4, -0.2) is 19.1 Å². The number of hydrogen-bond donors (Lipinski definition) is 1. The van der Waals surface area contributed by atoms with E-state index in [1.54, 1.807) is 0 Å². The van der Waals surface area contributed by atoms with Crippen LogP contribution >= 0.6 is 15.9 Å². The zero-order chi connectivity index (χ0) is 15.5. The molecule has 1 aromatic carbocycles. The number of amides is 2. The summed E-state index contributed by atoms with van der Waals surface area (Å²) in [6, 6.07) is 7.89. The minimum Gasteiger partial charge on any atom is -0.338 e. The first-order valence-electron chi connectivity index (χ1n) is 8.00. The summed E-state index contributed by atoms with van der Waals surface area (Å²) in [6.45, 7) is 5.79. The topological polar surface area (TPSA) is 32.3 Å². The van der Waals surface area contributed by atoms with Crippen LogP contribution in [-0.2, 0) is 0 Å². The van der Waals surface area contributed by atoms with Gasteiger partial charge in [-0.1, -0.05) is 61.5 Å². The number of nitrogens with one attached hydrogen (secondary N) is 1. The Morgan fingerprint density at radius 1 is 1.14 bits per heavy atom. The van der Waals surface area contributed by atoms with Gasteiger partial charge in [0.1, 0.15) is 0 Å². The van der Waals surface area contributed by atoms with E-state index in [1.807, 2.05) is 29.2 Å². The second-order valence-electron chi connectivity index (χ2n) is 5.28. The number of anilines is 1. The standard InChI is InChI=1S/C17H27BrN2O/c1-3-5-6-7-8-12-19-17(21)20(13-4-2)16-11-9-10-15(18)14-16/h9-11,14H,3-8,12-13H2,1-2H3,(H,19,21). The molecule has 0 aliphatic rings. The summed E-state index contributed by atoms with van der Waals surface area (Å²) in [5.74, 6) is 0. The first-order chi connectivity index (χ1) is 10.2. The molecule has 0 aliphatic heterocycles. The van der Waals surface area contributed by atoms with E-state index in [2.05, 4.69) is 35.1 Å². The molecule has 2 amide bonds. The van der Waals surface area contributed by atoms with Crippen LogP contribution < -0.4 is 10.2 Å². The van der Waals surface area contributed by atoms with E-state index in [1.165, 1.54) is 25.7 Å². The van der Waals surface area contributed by atoms with Crippen molar-refractivity contribution in [3.8, 4) is 0 Å². The van der Waals surface area contributed by atoms with Crippen LogP contribution in [0.15, 0.2) is 28.7 Å². The van der Waals surface area contributed by atoms with Gasteiger partial charge in [-0.25, -0.2) is 4.79 Å². The summed E-state index contributed by atoms with van der Waals surface area (Å²) in [5.41, 5.74) is 0.940. The summed E-state index contributed by atoms with van der Waals surface area (Å²) in [4.78, 5) is 14.1. The summed E-state index contributed by atoms with van der Waals surface area (Å²) >= 11 is 3.46.